The molecule has 2 N–H and O–H groups in total. The van der Waals surface area contributed by atoms with Gasteiger partial charge in [-0.2, -0.15) is 0 Å². The molecular formula is C12H14BrN3. The smallest absolute Gasteiger partial charge is 0.127 e. The van der Waals surface area contributed by atoms with Crippen molar-refractivity contribution in [1.29, 1.82) is 0 Å². The van der Waals surface area contributed by atoms with E-state index in [2.05, 4.69) is 39.2 Å². The number of nitrogens with one attached hydrogen (secondary N) is 2. The molecule has 0 bridgehead atoms. The number of benzene rings is 1. The molecular weight excluding hydrogens is 266 g/mol. The van der Waals surface area contributed by atoms with Gasteiger partial charge in [0, 0.05) is 4.47 Å². The Morgan fingerprint density at radius 2 is 2.31 bits per heavy atom. The molecule has 3 rings (SSSR count). The summed E-state index contributed by atoms with van der Waals surface area (Å²) in [7, 11) is 0. The zero-order chi connectivity index (χ0) is 11.2. The highest BCUT2D eigenvalue weighted by molar-refractivity contribution is 9.10. The second kappa shape index (κ2) is 3.57. The summed E-state index contributed by atoms with van der Waals surface area (Å²) in [5, 5.41) is 3.52. The first-order valence-electron chi connectivity index (χ1n) is 5.59. The summed E-state index contributed by atoms with van der Waals surface area (Å²) >= 11 is 3.53. The maximum atomic E-state index is 4.70. The molecule has 1 saturated heterocycles. The van der Waals surface area contributed by atoms with Crippen LogP contribution in [0.15, 0.2) is 22.7 Å². The Balaban J connectivity index is 2.15. The van der Waals surface area contributed by atoms with Gasteiger partial charge in [-0.15, -0.1) is 0 Å². The van der Waals surface area contributed by atoms with E-state index in [1.165, 1.54) is 6.42 Å². The number of fused-ring (bicyclic) bond motifs is 1. The first-order chi connectivity index (χ1) is 7.69. The molecule has 1 unspecified atom stereocenters. The van der Waals surface area contributed by atoms with E-state index in [9.17, 15) is 0 Å². The summed E-state index contributed by atoms with van der Waals surface area (Å²) in [5.74, 6) is 1.05. The van der Waals surface area contributed by atoms with Crippen molar-refractivity contribution in [2.45, 2.75) is 25.3 Å². The van der Waals surface area contributed by atoms with Gasteiger partial charge in [0.1, 0.15) is 11.3 Å². The van der Waals surface area contributed by atoms with Crippen molar-refractivity contribution in [3.05, 3.63) is 28.5 Å². The molecule has 0 amide bonds. The van der Waals surface area contributed by atoms with Crippen LogP contribution in [0, 0.1) is 0 Å². The predicted octanol–water partition coefficient (Wildman–Crippen LogP) is 2.92. The molecule has 4 heteroatoms. The quantitative estimate of drug-likeness (QED) is 0.843. The lowest BCUT2D eigenvalue weighted by atomic mass is 10.00. The van der Waals surface area contributed by atoms with Gasteiger partial charge >= 0.3 is 0 Å². The van der Waals surface area contributed by atoms with Gasteiger partial charge in [-0.3, -0.25) is 0 Å². The second-order valence-corrected chi connectivity index (χ2v) is 5.44. The molecule has 1 aromatic carbocycles. The molecule has 1 atom stereocenters. The fourth-order valence-electron chi connectivity index (χ4n) is 2.36. The molecule has 1 aromatic heterocycles. The number of aromatic amines is 1. The van der Waals surface area contributed by atoms with E-state index in [1.54, 1.807) is 0 Å². The van der Waals surface area contributed by atoms with Crippen LogP contribution >= 0.6 is 15.9 Å². The Hall–Kier alpha value is -0.870. The minimum atomic E-state index is 0.0124. The van der Waals surface area contributed by atoms with Gasteiger partial charge in [-0.25, -0.2) is 4.98 Å². The number of halogens is 1. The summed E-state index contributed by atoms with van der Waals surface area (Å²) in [5.41, 5.74) is 2.13. The zero-order valence-electron chi connectivity index (χ0n) is 9.18. The van der Waals surface area contributed by atoms with E-state index in [-0.39, 0.29) is 5.54 Å². The highest BCUT2D eigenvalue weighted by Gasteiger charge is 2.33. The van der Waals surface area contributed by atoms with E-state index in [4.69, 9.17) is 4.98 Å². The lowest BCUT2D eigenvalue weighted by molar-refractivity contribution is 0.412. The van der Waals surface area contributed by atoms with Crippen LogP contribution in [-0.4, -0.2) is 16.5 Å². The Morgan fingerprint density at radius 1 is 1.44 bits per heavy atom. The van der Waals surface area contributed by atoms with Gasteiger partial charge in [0.05, 0.1) is 11.1 Å². The SMILES string of the molecule is CC1(c2nc3c(Br)cccc3[nH]2)CCCN1. The molecule has 0 spiro atoms. The summed E-state index contributed by atoms with van der Waals surface area (Å²) < 4.78 is 1.05. The van der Waals surface area contributed by atoms with E-state index in [1.807, 2.05) is 12.1 Å². The Morgan fingerprint density at radius 3 is 3.00 bits per heavy atom. The fraction of sp³-hybridized carbons (Fsp3) is 0.417. The van der Waals surface area contributed by atoms with Crippen molar-refractivity contribution >= 4 is 27.0 Å². The first-order valence-corrected chi connectivity index (χ1v) is 6.38. The number of imidazole rings is 1. The summed E-state index contributed by atoms with van der Waals surface area (Å²) in [6.07, 6.45) is 2.36. The number of rotatable bonds is 1. The Labute approximate surface area is 103 Å². The van der Waals surface area contributed by atoms with E-state index >= 15 is 0 Å². The Bertz CT molecular complexity index is 526. The average molecular weight is 280 g/mol. The van der Waals surface area contributed by atoms with Crippen molar-refractivity contribution in [2.24, 2.45) is 0 Å². The molecule has 1 fully saturated rings. The van der Waals surface area contributed by atoms with Gasteiger partial charge < -0.3 is 10.3 Å². The van der Waals surface area contributed by atoms with Gasteiger partial charge in [0.15, 0.2) is 0 Å². The van der Waals surface area contributed by atoms with Crippen LogP contribution in [0.25, 0.3) is 11.0 Å². The number of H-pyrrole nitrogens is 1. The van der Waals surface area contributed by atoms with Crippen molar-refractivity contribution in [3.8, 4) is 0 Å². The third-order valence-electron chi connectivity index (χ3n) is 3.35. The molecule has 0 saturated carbocycles. The molecule has 0 radical (unpaired) electrons. The standard InChI is InChI=1S/C12H14BrN3/c1-12(6-3-7-14-12)11-15-9-5-2-4-8(13)10(9)16-11/h2,4-5,14H,3,6-7H2,1H3,(H,15,16). The molecule has 2 aromatic rings. The maximum Gasteiger partial charge on any atom is 0.127 e. The van der Waals surface area contributed by atoms with Gasteiger partial charge in [0.25, 0.3) is 0 Å². The summed E-state index contributed by atoms with van der Waals surface area (Å²) in [6.45, 7) is 3.29. The van der Waals surface area contributed by atoms with Crippen molar-refractivity contribution < 1.29 is 0 Å². The highest BCUT2D eigenvalue weighted by atomic mass is 79.9. The molecule has 1 aliphatic heterocycles. The lowest BCUT2D eigenvalue weighted by Gasteiger charge is -2.21. The third-order valence-corrected chi connectivity index (χ3v) is 3.99. The predicted molar refractivity (Wildman–Crippen MR) is 68.4 cm³/mol. The van der Waals surface area contributed by atoms with Crippen LogP contribution in [0.1, 0.15) is 25.6 Å². The molecule has 3 nitrogen and oxygen atoms in total. The van der Waals surface area contributed by atoms with Gasteiger partial charge in [-0.1, -0.05) is 6.07 Å². The van der Waals surface area contributed by atoms with E-state index in [0.29, 0.717) is 0 Å². The highest BCUT2D eigenvalue weighted by Crippen LogP contribution is 2.31. The molecule has 16 heavy (non-hydrogen) atoms. The van der Waals surface area contributed by atoms with Crippen molar-refractivity contribution in [2.75, 3.05) is 6.54 Å². The van der Waals surface area contributed by atoms with Crippen LogP contribution < -0.4 is 5.32 Å². The van der Waals surface area contributed by atoms with Crippen molar-refractivity contribution in [3.63, 3.8) is 0 Å². The molecule has 84 valence electrons. The third kappa shape index (κ3) is 1.48. The van der Waals surface area contributed by atoms with Gasteiger partial charge in [-0.05, 0) is 54.4 Å². The van der Waals surface area contributed by atoms with Gasteiger partial charge in [0.2, 0.25) is 0 Å². The average Bonchev–Trinajstić information content (AvgIpc) is 2.85. The normalized spacial score (nSPS) is 25.4. The number of nitrogens with zero attached hydrogens (tertiary/aromatic N) is 1. The topological polar surface area (TPSA) is 40.7 Å². The lowest BCUT2D eigenvalue weighted by Crippen LogP contribution is -2.34. The van der Waals surface area contributed by atoms with Crippen LogP contribution in [0.2, 0.25) is 0 Å². The second-order valence-electron chi connectivity index (χ2n) is 4.58. The summed E-state index contributed by atoms with van der Waals surface area (Å²) in [4.78, 5) is 8.12. The number of aromatic nitrogens is 2. The Kier molecular flexibility index (Phi) is 2.30. The zero-order valence-corrected chi connectivity index (χ0v) is 10.8. The molecule has 1 aliphatic rings. The summed E-state index contributed by atoms with van der Waals surface area (Å²) in [6, 6.07) is 6.12. The fourth-order valence-corrected chi connectivity index (χ4v) is 2.81. The maximum absolute atomic E-state index is 4.70. The van der Waals surface area contributed by atoms with Crippen molar-refractivity contribution in [1.82, 2.24) is 15.3 Å². The largest absolute Gasteiger partial charge is 0.340 e. The van der Waals surface area contributed by atoms with E-state index in [0.717, 1.165) is 34.3 Å². The first kappa shape index (κ1) is 10.3. The monoisotopic (exact) mass is 279 g/mol. The van der Waals surface area contributed by atoms with Crippen LogP contribution in [-0.2, 0) is 5.54 Å². The number of para-hydroxylation sites is 1. The van der Waals surface area contributed by atoms with Crippen LogP contribution in [0.3, 0.4) is 0 Å². The molecule has 0 aliphatic carbocycles. The molecule has 2 heterocycles. The van der Waals surface area contributed by atoms with Crippen LogP contribution in [0.4, 0.5) is 0 Å². The number of hydrogen-bond acceptors (Lipinski definition) is 2. The minimum Gasteiger partial charge on any atom is -0.340 e. The minimum absolute atomic E-state index is 0.0124. The number of hydrogen-bond donors (Lipinski definition) is 2. The van der Waals surface area contributed by atoms with E-state index < -0.39 is 0 Å². The van der Waals surface area contributed by atoms with Crippen LogP contribution in [0.5, 0.6) is 0 Å².